The van der Waals surface area contributed by atoms with Gasteiger partial charge in [-0.15, -0.1) is 0 Å². The fourth-order valence-electron chi connectivity index (χ4n) is 3.30. The molecular weight excluding hydrogens is 474 g/mol. The lowest BCUT2D eigenvalue weighted by Crippen LogP contribution is -2.36. The summed E-state index contributed by atoms with van der Waals surface area (Å²) < 4.78 is 32.4. The molecule has 1 fully saturated rings. The van der Waals surface area contributed by atoms with Crippen LogP contribution < -0.4 is 5.32 Å². The highest BCUT2D eigenvalue weighted by Gasteiger charge is 2.29. The summed E-state index contributed by atoms with van der Waals surface area (Å²) in [5.74, 6) is -1.62. The van der Waals surface area contributed by atoms with Gasteiger partial charge >= 0.3 is 5.97 Å². The molecule has 1 saturated heterocycles. The van der Waals surface area contributed by atoms with Crippen molar-refractivity contribution in [3.05, 3.63) is 63.2 Å². The normalized spacial score (nSPS) is 15.5. The molecule has 2 aromatic rings. The third-order valence-corrected chi connectivity index (χ3v) is 7.46. The zero-order valence-electron chi connectivity index (χ0n) is 17.7. The zero-order chi connectivity index (χ0) is 24.2. The van der Waals surface area contributed by atoms with Crippen LogP contribution in [0.5, 0.6) is 0 Å². The first-order chi connectivity index (χ1) is 15.6. The van der Waals surface area contributed by atoms with Crippen molar-refractivity contribution in [3.8, 4) is 0 Å². The molecule has 2 aromatic carbocycles. The van der Waals surface area contributed by atoms with Crippen LogP contribution in [0.2, 0.25) is 5.02 Å². The van der Waals surface area contributed by atoms with E-state index in [1.807, 2.05) is 0 Å². The number of nitro benzene ring substituents is 1. The first-order valence-electron chi connectivity index (χ1n) is 10.2. The Morgan fingerprint density at radius 1 is 1.15 bits per heavy atom. The molecule has 0 spiro atoms. The van der Waals surface area contributed by atoms with Crippen LogP contribution in [0.3, 0.4) is 0 Å². The van der Waals surface area contributed by atoms with E-state index in [2.05, 4.69) is 5.32 Å². The van der Waals surface area contributed by atoms with Crippen LogP contribution in [0, 0.1) is 10.1 Å². The van der Waals surface area contributed by atoms with Gasteiger partial charge in [0.25, 0.3) is 11.6 Å². The Morgan fingerprint density at radius 2 is 1.85 bits per heavy atom. The minimum absolute atomic E-state index is 0.0198. The molecule has 0 bridgehead atoms. The first-order valence-corrected chi connectivity index (χ1v) is 12.0. The van der Waals surface area contributed by atoms with Gasteiger partial charge in [0.2, 0.25) is 10.0 Å². The van der Waals surface area contributed by atoms with Gasteiger partial charge in [-0.1, -0.05) is 24.1 Å². The van der Waals surface area contributed by atoms with Crippen LogP contribution in [-0.2, 0) is 19.6 Å². The van der Waals surface area contributed by atoms with Crippen LogP contribution in [0.15, 0.2) is 47.4 Å². The Bertz CT molecular complexity index is 1180. The van der Waals surface area contributed by atoms with Gasteiger partial charge < -0.3 is 10.1 Å². The highest BCUT2D eigenvalue weighted by Crippen LogP contribution is 2.28. The van der Waals surface area contributed by atoms with E-state index in [1.165, 1.54) is 47.6 Å². The molecule has 0 radical (unpaired) electrons. The van der Waals surface area contributed by atoms with Gasteiger partial charge in [0, 0.05) is 30.9 Å². The number of hydrogen-bond acceptors (Lipinski definition) is 7. The second-order valence-electron chi connectivity index (χ2n) is 7.45. The van der Waals surface area contributed by atoms with Crippen LogP contribution in [0.4, 0.5) is 11.4 Å². The number of amides is 1. The average Bonchev–Trinajstić information content (AvgIpc) is 2.79. The lowest BCUT2D eigenvalue weighted by Gasteiger charge is -2.26. The van der Waals surface area contributed by atoms with E-state index in [0.29, 0.717) is 13.1 Å². The predicted molar refractivity (Wildman–Crippen MR) is 121 cm³/mol. The van der Waals surface area contributed by atoms with E-state index >= 15 is 0 Å². The molecule has 1 aliphatic heterocycles. The number of nitrogens with zero attached hydrogens (tertiary/aromatic N) is 2. The van der Waals surface area contributed by atoms with Crippen molar-refractivity contribution in [3.63, 3.8) is 0 Å². The molecule has 0 saturated carbocycles. The number of carbonyl (C=O) groups excluding carboxylic acids is 2. The SMILES string of the molecule is C[C@@H](OC(=O)c1ccc(Cl)c(S(=O)(=O)N2CCCCC2)c1)C(=O)Nc1cccc([N+](=O)[O-])c1. The Balaban J connectivity index is 1.72. The molecule has 12 heteroatoms. The monoisotopic (exact) mass is 495 g/mol. The lowest BCUT2D eigenvalue weighted by atomic mass is 10.2. The summed E-state index contributed by atoms with van der Waals surface area (Å²) in [6, 6.07) is 9.05. The third kappa shape index (κ3) is 5.86. The molecule has 1 aliphatic rings. The van der Waals surface area contributed by atoms with Crippen LogP contribution >= 0.6 is 11.6 Å². The number of non-ortho nitro benzene ring substituents is 1. The number of hydrogen-bond donors (Lipinski definition) is 1. The number of nitro groups is 1. The molecule has 0 aliphatic carbocycles. The van der Waals surface area contributed by atoms with Crippen molar-refractivity contribution in [2.24, 2.45) is 0 Å². The number of esters is 1. The fraction of sp³-hybridized carbons (Fsp3) is 0.333. The van der Waals surface area contributed by atoms with Crippen molar-refractivity contribution in [1.82, 2.24) is 4.31 Å². The molecule has 1 amide bonds. The third-order valence-electron chi connectivity index (χ3n) is 5.08. The molecule has 1 N–H and O–H groups in total. The Labute approximate surface area is 195 Å². The summed E-state index contributed by atoms with van der Waals surface area (Å²) in [7, 11) is -3.89. The van der Waals surface area contributed by atoms with Gasteiger partial charge in [0.1, 0.15) is 4.90 Å². The summed E-state index contributed by atoms with van der Waals surface area (Å²) in [5.41, 5.74) is -0.121. The molecule has 0 aromatic heterocycles. The van der Waals surface area contributed by atoms with Crippen LogP contribution in [0.1, 0.15) is 36.5 Å². The quantitative estimate of drug-likeness (QED) is 0.352. The van der Waals surface area contributed by atoms with Crippen molar-refractivity contribution in [2.45, 2.75) is 37.2 Å². The average molecular weight is 496 g/mol. The standard InChI is InChI=1S/C21H22ClN3O7S/c1-14(20(26)23-16-6-5-7-17(13-16)25(28)29)32-21(27)15-8-9-18(22)19(12-15)33(30,31)24-10-3-2-4-11-24/h5-9,12-14H,2-4,10-11H2,1H3,(H,23,26)/t14-/m1/s1. The lowest BCUT2D eigenvalue weighted by molar-refractivity contribution is -0.384. The number of ether oxygens (including phenoxy) is 1. The van der Waals surface area contributed by atoms with E-state index in [1.54, 1.807) is 0 Å². The Morgan fingerprint density at radius 3 is 2.52 bits per heavy atom. The van der Waals surface area contributed by atoms with Crippen molar-refractivity contribution < 1.29 is 27.7 Å². The summed E-state index contributed by atoms with van der Waals surface area (Å²) in [6.07, 6.45) is 1.18. The van der Waals surface area contributed by atoms with E-state index in [0.717, 1.165) is 25.3 Å². The Hall–Kier alpha value is -3.02. The fourth-order valence-corrected chi connectivity index (χ4v) is 5.31. The number of halogens is 1. The van der Waals surface area contributed by atoms with Crippen molar-refractivity contribution >= 4 is 44.9 Å². The summed E-state index contributed by atoms with van der Waals surface area (Å²) in [5, 5.41) is 13.3. The summed E-state index contributed by atoms with van der Waals surface area (Å²) in [6.45, 7) is 2.08. The first kappa shape index (κ1) is 24.6. The predicted octanol–water partition coefficient (Wildman–Crippen LogP) is 3.61. The number of carbonyl (C=O) groups is 2. The van der Waals surface area contributed by atoms with Gasteiger partial charge in [-0.3, -0.25) is 14.9 Å². The summed E-state index contributed by atoms with van der Waals surface area (Å²) in [4.78, 5) is 35.0. The van der Waals surface area contributed by atoms with E-state index in [9.17, 15) is 28.1 Å². The van der Waals surface area contributed by atoms with Crippen molar-refractivity contribution in [2.75, 3.05) is 18.4 Å². The largest absolute Gasteiger partial charge is 0.449 e. The summed E-state index contributed by atoms with van der Waals surface area (Å²) >= 11 is 6.12. The molecule has 176 valence electrons. The molecular formula is C21H22ClN3O7S. The molecule has 1 atom stereocenters. The molecule has 10 nitrogen and oxygen atoms in total. The zero-order valence-corrected chi connectivity index (χ0v) is 19.3. The number of sulfonamides is 1. The van der Waals surface area contributed by atoms with E-state index in [4.69, 9.17) is 16.3 Å². The minimum atomic E-state index is -3.89. The van der Waals surface area contributed by atoms with Crippen LogP contribution in [-0.4, -0.2) is 48.7 Å². The molecule has 3 rings (SSSR count). The van der Waals surface area contributed by atoms with E-state index < -0.39 is 32.9 Å². The number of anilines is 1. The number of benzene rings is 2. The minimum Gasteiger partial charge on any atom is -0.449 e. The second kappa shape index (κ2) is 10.3. The molecule has 1 heterocycles. The van der Waals surface area contributed by atoms with Crippen LogP contribution in [0.25, 0.3) is 0 Å². The second-order valence-corrected chi connectivity index (χ2v) is 9.77. The Kier molecular flexibility index (Phi) is 7.67. The molecule has 0 unspecified atom stereocenters. The van der Waals surface area contributed by atoms with Gasteiger partial charge in [-0.25, -0.2) is 13.2 Å². The number of nitrogens with one attached hydrogen (secondary N) is 1. The topological polar surface area (TPSA) is 136 Å². The highest BCUT2D eigenvalue weighted by atomic mass is 35.5. The van der Waals surface area contributed by atoms with E-state index in [-0.39, 0.29) is 26.9 Å². The maximum atomic E-state index is 13.0. The van der Waals surface area contributed by atoms with Gasteiger partial charge in [0.05, 0.1) is 15.5 Å². The molecule has 33 heavy (non-hydrogen) atoms. The van der Waals surface area contributed by atoms with Gasteiger partial charge in [-0.2, -0.15) is 4.31 Å². The highest BCUT2D eigenvalue weighted by molar-refractivity contribution is 7.89. The maximum Gasteiger partial charge on any atom is 0.338 e. The van der Waals surface area contributed by atoms with Gasteiger partial charge in [-0.05, 0) is 44.0 Å². The van der Waals surface area contributed by atoms with Gasteiger partial charge in [0.15, 0.2) is 6.10 Å². The van der Waals surface area contributed by atoms with Crippen molar-refractivity contribution in [1.29, 1.82) is 0 Å². The number of piperidine rings is 1. The number of rotatable bonds is 7. The smallest absolute Gasteiger partial charge is 0.338 e. The maximum absolute atomic E-state index is 13.0.